The Bertz CT molecular complexity index is 879. The van der Waals surface area contributed by atoms with Crippen molar-refractivity contribution in [3.63, 3.8) is 0 Å². The number of nitrogens with zero attached hydrogens (tertiary/aromatic N) is 3. The highest BCUT2D eigenvalue weighted by Gasteiger charge is 2.30. The zero-order valence-corrected chi connectivity index (χ0v) is 14.0. The molecule has 0 amide bonds. The van der Waals surface area contributed by atoms with Gasteiger partial charge in [-0.15, -0.1) is 0 Å². The Kier molecular flexibility index (Phi) is 4.69. The van der Waals surface area contributed by atoms with E-state index in [1.54, 1.807) is 11.0 Å². The maximum atomic E-state index is 13.0. The molecule has 1 N–H and O–H groups in total. The largest absolute Gasteiger partial charge is 0.478 e. The van der Waals surface area contributed by atoms with E-state index in [0.29, 0.717) is 18.9 Å². The van der Waals surface area contributed by atoms with E-state index in [1.165, 1.54) is 28.7 Å². The molecule has 1 aromatic heterocycles. The summed E-state index contributed by atoms with van der Waals surface area (Å²) in [5, 5.41) is 9.25. The van der Waals surface area contributed by atoms with Crippen LogP contribution in [0.2, 0.25) is 0 Å². The SMILES string of the molecule is O=C(O)c1cccnc1N1CCN(S(=O)(=O)c2ccc(F)cc2)CC1. The van der Waals surface area contributed by atoms with Crippen LogP contribution in [0.3, 0.4) is 0 Å². The fraction of sp³-hybridized carbons (Fsp3) is 0.250. The molecule has 0 unspecified atom stereocenters. The molecule has 1 fully saturated rings. The van der Waals surface area contributed by atoms with Crippen LogP contribution in [0.25, 0.3) is 0 Å². The molecule has 0 spiro atoms. The van der Waals surface area contributed by atoms with Gasteiger partial charge in [0, 0.05) is 32.4 Å². The molecule has 0 radical (unpaired) electrons. The Morgan fingerprint density at radius 2 is 1.72 bits per heavy atom. The third-order valence-corrected chi connectivity index (χ3v) is 5.92. The molecule has 0 bridgehead atoms. The van der Waals surface area contributed by atoms with Gasteiger partial charge in [-0.25, -0.2) is 22.6 Å². The fourth-order valence-corrected chi connectivity index (χ4v) is 4.13. The number of aromatic carboxylic acids is 1. The van der Waals surface area contributed by atoms with Crippen molar-refractivity contribution in [1.82, 2.24) is 9.29 Å². The maximum absolute atomic E-state index is 13.0. The van der Waals surface area contributed by atoms with Crippen molar-refractivity contribution in [1.29, 1.82) is 0 Å². The summed E-state index contributed by atoms with van der Waals surface area (Å²) in [6.07, 6.45) is 1.50. The first-order valence-electron chi connectivity index (χ1n) is 7.58. The van der Waals surface area contributed by atoms with Crippen molar-refractivity contribution in [2.24, 2.45) is 0 Å². The van der Waals surface area contributed by atoms with E-state index in [1.807, 2.05) is 0 Å². The molecule has 2 heterocycles. The first kappa shape index (κ1) is 17.3. The van der Waals surface area contributed by atoms with Crippen LogP contribution in [0.15, 0.2) is 47.5 Å². The van der Waals surface area contributed by atoms with Crippen molar-refractivity contribution in [3.8, 4) is 0 Å². The molecule has 9 heteroatoms. The summed E-state index contributed by atoms with van der Waals surface area (Å²) >= 11 is 0. The monoisotopic (exact) mass is 365 g/mol. The molecule has 1 aliphatic rings. The van der Waals surface area contributed by atoms with Gasteiger partial charge in [0.2, 0.25) is 10.0 Å². The molecule has 1 aliphatic heterocycles. The highest BCUT2D eigenvalue weighted by molar-refractivity contribution is 7.89. The van der Waals surface area contributed by atoms with Crippen molar-refractivity contribution < 1.29 is 22.7 Å². The second-order valence-electron chi connectivity index (χ2n) is 5.52. The summed E-state index contributed by atoms with van der Waals surface area (Å²) in [5.41, 5.74) is 0.0809. The van der Waals surface area contributed by atoms with E-state index in [2.05, 4.69) is 4.98 Å². The molecular formula is C16H16FN3O4S. The third-order valence-electron chi connectivity index (χ3n) is 4.01. The predicted octanol–water partition coefficient (Wildman–Crippen LogP) is 1.43. The smallest absolute Gasteiger partial charge is 0.339 e. The first-order valence-corrected chi connectivity index (χ1v) is 9.02. The summed E-state index contributed by atoms with van der Waals surface area (Å²) in [7, 11) is -3.71. The average molecular weight is 365 g/mol. The molecule has 0 saturated carbocycles. The topological polar surface area (TPSA) is 90.8 Å². The van der Waals surface area contributed by atoms with Crippen LogP contribution in [-0.4, -0.2) is 55.0 Å². The van der Waals surface area contributed by atoms with Gasteiger partial charge < -0.3 is 10.0 Å². The van der Waals surface area contributed by atoms with E-state index in [0.717, 1.165) is 12.1 Å². The van der Waals surface area contributed by atoms with Gasteiger partial charge in [-0.2, -0.15) is 4.31 Å². The maximum Gasteiger partial charge on any atom is 0.339 e. The van der Waals surface area contributed by atoms with Crippen LogP contribution in [0, 0.1) is 5.82 Å². The van der Waals surface area contributed by atoms with Gasteiger partial charge in [0.05, 0.1) is 4.90 Å². The van der Waals surface area contributed by atoms with Crippen LogP contribution in [-0.2, 0) is 10.0 Å². The number of hydrogen-bond donors (Lipinski definition) is 1. The van der Waals surface area contributed by atoms with Crippen molar-refractivity contribution >= 4 is 21.8 Å². The quantitative estimate of drug-likeness (QED) is 0.881. The Labute approximate surface area is 144 Å². The molecule has 1 aromatic carbocycles. The van der Waals surface area contributed by atoms with E-state index >= 15 is 0 Å². The lowest BCUT2D eigenvalue weighted by Crippen LogP contribution is -2.49. The van der Waals surface area contributed by atoms with Crippen molar-refractivity contribution in [2.75, 3.05) is 31.1 Å². The average Bonchev–Trinajstić information content (AvgIpc) is 2.62. The summed E-state index contributed by atoms with van der Waals surface area (Å²) in [4.78, 5) is 17.2. The minimum absolute atomic E-state index is 0.0337. The van der Waals surface area contributed by atoms with E-state index in [-0.39, 0.29) is 23.5 Å². The van der Waals surface area contributed by atoms with Crippen molar-refractivity contribution in [3.05, 3.63) is 54.0 Å². The van der Waals surface area contributed by atoms with E-state index < -0.39 is 21.8 Å². The number of anilines is 1. The number of benzene rings is 1. The normalized spacial score (nSPS) is 16.0. The Morgan fingerprint density at radius 3 is 2.32 bits per heavy atom. The minimum Gasteiger partial charge on any atom is -0.478 e. The lowest BCUT2D eigenvalue weighted by Gasteiger charge is -2.35. The zero-order chi connectivity index (χ0) is 18.0. The second-order valence-corrected chi connectivity index (χ2v) is 7.46. The molecule has 7 nitrogen and oxygen atoms in total. The Morgan fingerprint density at radius 1 is 1.08 bits per heavy atom. The highest BCUT2D eigenvalue weighted by Crippen LogP contribution is 2.22. The van der Waals surface area contributed by atoms with Crippen LogP contribution in [0.1, 0.15) is 10.4 Å². The summed E-state index contributed by atoms with van der Waals surface area (Å²) in [6, 6.07) is 7.69. The van der Waals surface area contributed by atoms with Gasteiger partial charge in [0.1, 0.15) is 17.2 Å². The van der Waals surface area contributed by atoms with Crippen molar-refractivity contribution in [2.45, 2.75) is 4.90 Å². The van der Waals surface area contributed by atoms with Gasteiger partial charge in [0.15, 0.2) is 0 Å². The lowest BCUT2D eigenvalue weighted by molar-refractivity contribution is 0.0697. The Hall–Kier alpha value is -2.52. The first-order chi connectivity index (χ1) is 11.9. The van der Waals surface area contributed by atoms with Crippen LogP contribution < -0.4 is 4.90 Å². The van der Waals surface area contributed by atoms with Gasteiger partial charge in [-0.1, -0.05) is 0 Å². The number of sulfonamides is 1. The molecule has 0 aliphatic carbocycles. The minimum atomic E-state index is -3.71. The number of carboxylic acid groups (broad SMARTS) is 1. The number of rotatable bonds is 4. The van der Waals surface area contributed by atoms with Gasteiger partial charge in [-0.05, 0) is 36.4 Å². The molecule has 2 aromatic rings. The van der Waals surface area contributed by atoms with E-state index in [4.69, 9.17) is 0 Å². The summed E-state index contributed by atoms with van der Waals surface area (Å²) < 4.78 is 39.5. The molecule has 132 valence electrons. The van der Waals surface area contributed by atoms with Crippen LogP contribution in [0.5, 0.6) is 0 Å². The molecule has 1 saturated heterocycles. The Balaban J connectivity index is 1.76. The van der Waals surface area contributed by atoms with Gasteiger partial charge in [-0.3, -0.25) is 0 Å². The third kappa shape index (κ3) is 3.47. The molecule has 0 atom stereocenters. The molecule has 25 heavy (non-hydrogen) atoms. The number of aromatic nitrogens is 1. The fourth-order valence-electron chi connectivity index (χ4n) is 2.71. The molecule has 3 rings (SSSR count). The molecular weight excluding hydrogens is 349 g/mol. The number of hydrogen-bond acceptors (Lipinski definition) is 5. The number of carbonyl (C=O) groups is 1. The van der Waals surface area contributed by atoms with Crippen LogP contribution >= 0.6 is 0 Å². The van der Waals surface area contributed by atoms with Crippen LogP contribution in [0.4, 0.5) is 10.2 Å². The standard InChI is InChI=1S/C16H16FN3O4S/c17-12-3-5-13(6-4-12)25(23,24)20-10-8-19(9-11-20)15-14(16(21)22)2-1-7-18-15/h1-7H,8-11H2,(H,21,22). The zero-order valence-electron chi connectivity index (χ0n) is 13.2. The van der Waals surface area contributed by atoms with E-state index in [9.17, 15) is 22.7 Å². The van der Waals surface area contributed by atoms with Gasteiger partial charge in [0.25, 0.3) is 0 Å². The number of piperazine rings is 1. The summed E-state index contributed by atoms with van der Waals surface area (Å²) in [6.45, 7) is 1.01. The van der Waals surface area contributed by atoms with Gasteiger partial charge >= 0.3 is 5.97 Å². The lowest BCUT2D eigenvalue weighted by atomic mass is 10.2. The second kappa shape index (κ2) is 6.77. The highest BCUT2D eigenvalue weighted by atomic mass is 32.2. The number of halogens is 1. The summed E-state index contributed by atoms with van der Waals surface area (Å²) in [5.74, 6) is -1.25. The number of carboxylic acids is 1. The number of pyridine rings is 1. The predicted molar refractivity (Wildman–Crippen MR) is 88.6 cm³/mol.